The third kappa shape index (κ3) is 2.28. The molecule has 0 aliphatic heterocycles. The summed E-state index contributed by atoms with van der Waals surface area (Å²) in [5, 5.41) is 8.76. The van der Waals surface area contributed by atoms with Gasteiger partial charge in [-0.1, -0.05) is 0 Å². The van der Waals surface area contributed by atoms with Crippen molar-refractivity contribution in [2.45, 2.75) is 6.92 Å². The molecule has 88 valence electrons. The Balaban J connectivity index is 2.40. The summed E-state index contributed by atoms with van der Waals surface area (Å²) >= 11 is 0. The topological polar surface area (TPSA) is 40.9 Å². The summed E-state index contributed by atoms with van der Waals surface area (Å²) in [6.45, 7) is 1.78. The van der Waals surface area contributed by atoms with E-state index in [4.69, 9.17) is 5.26 Å². The number of halogens is 1. The maximum Gasteiger partial charge on any atom is 0.193 e. The summed E-state index contributed by atoms with van der Waals surface area (Å²) in [4.78, 5) is 12.2. The molecule has 0 fully saturated rings. The number of nitrogens with zero attached hydrogens (tertiary/aromatic N) is 1. The van der Waals surface area contributed by atoms with Crippen molar-refractivity contribution >= 4 is 5.78 Å². The SMILES string of the molecule is Cc1cc(C#N)ccc1C(=O)c1ccc(F)cc1. The Morgan fingerprint density at radius 2 is 1.83 bits per heavy atom. The van der Waals surface area contributed by atoms with Crippen LogP contribution in [0.2, 0.25) is 0 Å². The quantitative estimate of drug-likeness (QED) is 0.755. The van der Waals surface area contributed by atoms with Gasteiger partial charge in [0.05, 0.1) is 11.6 Å². The molecule has 0 saturated heterocycles. The van der Waals surface area contributed by atoms with Crippen molar-refractivity contribution in [2.75, 3.05) is 0 Å². The smallest absolute Gasteiger partial charge is 0.193 e. The van der Waals surface area contributed by atoms with Gasteiger partial charge >= 0.3 is 0 Å². The van der Waals surface area contributed by atoms with Crippen molar-refractivity contribution in [2.24, 2.45) is 0 Å². The lowest BCUT2D eigenvalue weighted by Crippen LogP contribution is -2.04. The molecule has 2 aromatic carbocycles. The number of hydrogen-bond donors (Lipinski definition) is 0. The zero-order chi connectivity index (χ0) is 13.1. The molecule has 0 aromatic heterocycles. The Morgan fingerprint density at radius 3 is 2.39 bits per heavy atom. The summed E-state index contributed by atoms with van der Waals surface area (Å²) in [7, 11) is 0. The maximum atomic E-state index is 12.8. The highest BCUT2D eigenvalue weighted by Gasteiger charge is 2.12. The molecule has 18 heavy (non-hydrogen) atoms. The van der Waals surface area contributed by atoms with Gasteiger partial charge in [0.15, 0.2) is 5.78 Å². The monoisotopic (exact) mass is 239 g/mol. The van der Waals surface area contributed by atoms with Gasteiger partial charge in [-0.3, -0.25) is 4.79 Å². The summed E-state index contributed by atoms with van der Waals surface area (Å²) in [5.41, 5.74) is 2.22. The second-order valence-corrected chi connectivity index (χ2v) is 3.98. The van der Waals surface area contributed by atoms with E-state index in [1.165, 1.54) is 24.3 Å². The summed E-state index contributed by atoms with van der Waals surface area (Å²) in [5.74, 6) is -0.542. The number of aryl methyl sites for hydroxylation is 1. The summed E-state index contributed by atoms with van der Waals surface area (Å²) < 4.78 is 12.8. The Morgan fingerprint density at radius 1 is 1.17 bits per heavy atom. The number of ketones is 1. The molecule has 0 atom stereocenters. The number of hydrogen-bond acceptors (Lipinski definition) is 2. The zero-order valence-corrected chi connectivity index (χ0v) is 9.77. The largest absolute Gasteiger partial charge is 0.289 e. The molecule has 0 radical (unpaired) electrons. The highest BCUT2D eigenvalue weighted by atomic mass is 19.1. The van der Waals surface area contributed by atoms with Crippen LogP contribution in [0.15, 0.2) is 42.5 Å². The third-order valence-corrected chi connectivity index (χ3v) is 2.71. The zero-order valence-electron chi connectivity index (χ0n) is 9.77. The van der Waals surface area contributed by atoms with Crippen LogP contribution in [0.4, 0.5) is 4.39 Å². The van der Waals surface area contributed by atoms with Gasteiger partial charge < -0.3 is 0 Å². The Labute approximate surface area is 104 Å². The first-order chi connectivity index (χ1) is 8.61. The van der Waals surface area contributed by atoms with E-state index in [2.05, 4.69) is 0 Å². The molecule has 2 rings (SSSR count). The summed E-state index contributed by atoms with van der Waals surface area (Å²) in [6.07, 6.45) is 0. The molecule has 0 aliphatic carbocycles. The Bertz CT molecular complexity index is 639. The second-order valence-electron chi connectivity index (χ2n) is 3.98. The lowest BCUT2D eigenvalue weighted by atomic mass is 9.97. The first-order valence-corrected chi connectivity index (χ1v) is 5.43. The van der Waals surface area contributed by atoms with E-state index in [0.29, 0.717) is 16.7 Å². The van der Waals surface area contributed by atoms with Crippen LogP contribution in [-0.2, 0) is 0 Å². The fourth-order valence-corrected chi connectivity index (χ4v) is 1.74. The van der Waals surface area contributed by atoms with E-state index in [1.807, 2.05) is 6.07 Å². The van der Waals surface area contributed by atoms with E-state index in [-0.39, 0.29) is 11.6 Å². The second kappa shape index (κ2) is 4.80. The molecular weight excluding hydrogens is 229 g/mol. The molecule has 0 amide bonds. The molecule has 0 bridgehead atoms. The summed E-state index contributed by atoms with van der Waals surface area (Å²) in [6, 6.07) is 12.3. The number of rotatable bonds is 2. The minimum absolute atomic E-state index is 0.169. The molecule has 0 aliphatic rings. The minimum Gasteiger partial charge on any atom is -0.289 e. The van der Waals surface area contributed by atoms with Crippen LogP contribution < -0.4 is 0 Å². The van der Waals surface area contributed by atoms with E-state index in [1.54, 1.807) is 25.1 Å². The molecule has 2 nitrogen and oxygen atoms in total. The Hall–Kier alpha value is -2.47. The van der Waals surface area contributed by atoms with Crippen molar-refractivity contribution in [1.29, 1.82) is 5.26 Å². The maximum absolute atomic E-state index is 12.8. The van der Waals surface area contributed by atoms with Crippen molar-refractivity contribution in [3.8, 4) is 6.07 Å². The highest BCUT2D eigenvalue weighted by Crippen LogP contribution is 2.16. The van der Waals surface area contributed by atoms with Crippen molar-refractivity contribution in [3.63, 3.8) is 0 Å². The van der Waals surface area contributed by atoms with E-state index >= 15 is 0 Å². The van der Waals surface area contributed by atoms with Crippen molar-refractivity contribution in [3.05, 3.63) is 70.5 Å². The Kier molecular flexibility index (Phi) is 3.20. The van der Waals surface area contributed by atoms with E-state index < -0.39 is 0 Å². The predicted octanol–water partition coefficient (Wildman–Crippen LogP) is 3.24. The predicted molar refractivity (Wildman–Crippen MR) is 65.7 cm³/mol. The normalized spacial score (nSPS) is 9.83. The molecular formula is C15H10FNO. The molecule has 0 N–H and O–H groups in total. The van der Waals surface area contributed by atoms with Crippen LogP contribution in [0.25, 0.3) is 0 Å². The standard InChI is InChI=1S/C15H10FNO/c1-10-8-11(9-17)2-7-14(10)15(18)12-3-5-13(16)6-4-12/h2-8H,1H3. The third-order valence-electron chi connectivity index (χ3n) is 2.71. The van der Waals surface area contributed by atoms with Gasteiger partial charge in [-0.2, -0.15) is 5.26 Å². The number of benzene rings is 2. The van der Waals surface area contributed by atoms with Crippen molar-refractivity contribution < 1.29 is 9.18 Å². The number of nitriles is 1. The van der Waals surface area contributed by atoms with E-state index in [0.717, 1.165) is 5.56 Å². The van der Waals surface area contributed by atoms with Crippen LogP contribution in [-0.4, -0.2) is 5.78 Å². The lowest BCUT2D eigenvalue weighted by Gasteiger charge is -2.05. The first-order valence-electron chi connectivity index (χ1n) is 5.43. The van der Waals surface area contributed by atoms with Crippen LogP contribution >= 0.6 is 0 Å². The van der Waals surface area contributed by atoms with Gasteiger partial charge in [0, 0.05) is 11.1 Å². The average molecular weight is 239 g/mol. The van der Waals surface area contributed by atoms with Gasteiger partial charge in [0.1, 0.15) is 5.82 Å². The van der Waals surface area contributed by atoms with Crippen LogP contribution in [0.5, 0.6) is 0 Å². The molecule has 0 heterocycles. The van der Waals surface area contributed by atoms with E-state index in [9.17, 15) is 9.18 Å². The van der Waals surface area contributed by atoms with Gasteiger partial charge in [-0.25, -0.2) is 4.39 Å². The molecule has 2 aromatic rings. The molecule has 0 unspecified atom stereocenters. The number of carbonyl (C=O) groups is 1. The molecule has 0 spiro atoms. The van der Waals surface area contributed by atoms with Crippen LogP contribution in [0.3, 0.4) is 0 Å². The van der Waals surface area contributed by atoms with Gasteiger partial charge in [0.25, 0.3) is 0 Å². The van der Waals surface area contributed by atoms with Crippen molar-refractivity contribution in [1.82, 2.24) is 0 Å². The van der Waals surface area contributed by atoms with Gasteiger partial charge in [0.2, 0.25) is 0 Å². The lowest BCUT2D eigenvalue weighted by molar-refractivity contribution is 0.103. The molecule has 3 heteroatoms. The van der Waals surface area contributed by atoms with Gasteiger partial charge in [-0.05, 0) is 55.0 Å². The average Bonchev–Trinajstić information content (AvgIpc) is 2.38. The number of carbonyl (C=O) groups excluding carboxylic acids is 1. The minimum atomic E-state index is -0.372. The fraction of sp³-hybridized carbons (Fsp3) is 0.0667. The fourth-order valence-electron chi connectivity index (χ4n) is 1.74. The van der Waals surface area contributed by atoms with Crippen LogP contribution in [0, 0.1) is 24.1 Å². The highest BCUT2D eigenvalue weighted by molar-refractivity contribution is 6.09. The van der Waals surface area contributed by atoms with Gasteiger partial charge in [-0.15, -0.1) is 0 Å². The molecule has 0 saturated carbocycles. The van der Waals surface area contributed by atoms with Crippen LogP contribution in [0.1, 0.15) is 27.0 Å². The first kappa shape index (κ1) is 12.0.